The van der Waals surface area contributed by atoms with E-state index in [-0.39, 0.29) is 12.2 Å². The van der Waals surface area contributed by atoms with Crippen LogP contribution in [0, 0.1) is 0 Å². The predicted octanol–water partition coefficient (Wildman–Crippen LogP) is 2.48. The fourth-order valence-electron chi connectivity index (χ4n) is 2.06. The zero-order chi connectivity index (χ0) is 10.3. The maximum Gasteiger partial charge on any atom is 0.307 e. The molecular weight excluding hydrogens is 190 g/mol. The summed E-state index contributed by atoms with van der Waals surface area (Å²) in [7, 11) is 0. The summed E-state index contributed by atoms with van der Waals surface area (Å²) in [5.74, 6) is -0.0993. The number of nitrogens with zero attached hydrogens (tertiary/aromatic N) is 1. The molecule has 0 spiro atoms. The number of hydrogen-bond donors (Lipinski definition) is 0. The van der Waals surface area contributed by atoms with Crippen molar-refractivity contribution in [2.45, 2.75) is 19.1 Å². The molecule has 1 unspecified atom stereocenters. The van der Waals surface area contributed by atoms with Crippen LogP contribution < -0.4 is 0 Å². The molecule has 3 rings (SSSR count). The van der Waals surface area contributed by atoms with Gasteiger partial charge < -0.3 is 9.30 Å². The van der Waals surface area contributed by atoms with Crippen molar-refractivity contribution >= 4 is 16.9 Å². The second-order valence-electron chi connectivity index (χ2n) is 3.77. The highest BCUT2D eigenvalue weighted by Crippen LogP contribution is 2.28. The first-order valence-electron chi connectivity index (χ1n) is 5.10. The molecule has 3 nitrogen and oxygen atoms in total. The van der Waals surface area contributed by atoms with E-state index in [1.807, 2.05) is 35.0 Å². The summed E-state index contributed by atoms with van der Waals surface area (Å²) in [4.78, 5) is 11.0. The molecule has 0 bridgehead atoms. The molecular formula is C12H11NO2. The van der Waals surface area contributed by atoms with Crippen LogP contribution in [0.3, 0.4) is 0 Å². The van der Waals surface area contributed by atoms with Crippen molar-refractivity contribution in [1.82, 2.24) is 4.57 Å². The van der Waals surface area contributed by atoms with Gasteiger partial charge in [-0.2, -0.15) is 0 Å². The van der Waals surface area contributed by atoms with Crippen molar-refractivity contribution in [3.05, 3.63) is 36.5 Å². The molecule has 0 amide bonds. The highest BCUT2D eigenvalue weighted by Gasteiger charge is 2.25. The smallest absolute Gasteiger partial charge is 0.307 e. The van der Waals surface area contributed by atoms with Gasteiger partial charge in [0, 0.05) is 12.6 Å². The average molecular weight is 201 g/mol. The number of cyclic esters (lactones) is 1. The lowest BCUT2D eigenvalue weighted by Gasteiger charge is -2.12. The number of carbonyl (C=O) groups excluding carboxylic acids is 1. The third kappa shape index (κ3) is 1.31. The Morgan fingerprint density at radius 2 is 2.13 bits per heavy atom. The molecule has 1 aromatic heterocycles. The number of aromatic nitrogens is 1. The first-order chi connectivity index (χ1) is 7.34. The lowest BCUT2D eigenvalue weighted by molar-refractivity contribution is -0.144. The third-order valence-electron chi connectivity index (χ3n) is 2.80. The Bertz CT molecular complexity index is 515. The summed E-state index contributed by atoms with van der Waals surface area (Å²) in [5, 5.41) is 1.18. The molecule has 0 radical (unpaired) electrons. The standard InChI is InChI=1S/C12H11NO2/c14-12-6-5-11(15-12)13-8-7-9-3-1-2-4-10(9)13/h1-4,7-8,11H,5-6H2. The van der Waals surface area contributed by atoms with E-state index in [1.165, 1.54) is 5.39 Å². The van der Waals surface area contributed by atoms with Gasteiger partial charge in [0.1, 0.15) is 0 Å². The average Bonchev–Trinajstić information content (AvgIpc) is 2.83. The lowest BCUT2D eigenvalue weighted by atomic mass is 10.2. The van der Waals surface area contributed by atoms with E-state index in [2.05, 4.69) is 6.07 Å². The number of benzene rings is 1. The molecule has 1 fully saturated rings. The zero-order valence-electron chi connectivity index (χ0n) is 8.22. The molecule has 0 aliphatic carbocycles. The van der Waals surface area contributed by atoms with E-state index in [0.717, 1.165) is 11.9 Å². The number of hydrogen-bond acceptors (Lipinski definition) is 2. The topological polar surface area (TPSA) is 31.2 Å². The first kappa shape index (κ1) is 8.53. The van der Waals surface area contributed by atoms with Crippen molar-refractivity contribution < 1.29 is 9.53 Å². The summed E-state index contributed by atoms with van der Waals surface area (Å²) in [6.07, 6.45) is 3.17. The summed E-state index contributed by atoms with van der Waals surface area (Å²) >= 11 is 0. The van der Waals surface area contributed by atoms with E-state index in [4.69, 9.17) is 4.74 Å². The molecule has 3 heteroatoms. The number of carbonyl (C=O) groups is 1. The molecule has 2 aromatic rings. The zero-order valence-corrected chi connectivity index (χ0v) is 8.22. The van der Waals surface area contributed by atoms with Crippen LogP contribution in [0.5, 0.6) is 0 Å². The minimum Gasteiger partial charge on any atom is -0.441 e. The summed E-state index contributed by atoms with van der Waals surface area (Å²) in [6, 6.07) is 10.1. The molecule has 1 atom stereocenters. The highest BCUT2D eigenvalue weighted by molar-refractivity contribution is 5.80. The summed E-state index contributed by atoms with van der Waals surface area (Å²) < 4.78 is 7.27. The number of ether oxygens (including phenoxy) is 1. The van der Waals surface area contributed by atoms with Crippen molar-refractivity contribution in [2.75, 3.05) is 0 Å². The second-order valence-corrected chi connectivity index (χ2v) is 3.77. The third-order valence-corrected chi connectivity index (χ3v) is 2.80. The Morgan fingerprint density at radius 3 is 2.93 bits per heavy atom. The number of esters is 1. The van der Waals surface area contributed by atoms with Crippen LogP contribution in [0.2, 0.25) is 0 Å². The Balaban J connectivity index is 2.07. The van der Waals surface area contributed by atoms with Crippen molar-refractivity contribution in [1.29, 1.82) is 0 Å². The molecule has 1 aliphatic heterocycles. The second kappa shape index (κ2) is 3.12. The summed E-state index contributed by atoms with van der Waals surface area (Å²) in [5.41, 5.74) is 1.12. The van der Waals surface area contributed by atoms with Gasteiger partial charge in [-0.15, -0.1) is 0 Å². The maximum absolute atomic E-state index is 11.0. The van der Waals surface area contributed by atoms with Crippen molar-refractivity contribution in [3.63, 3.8) is 0 Å². The van der Waals surface area contributed by atoms with Crippen LogP contribution in [0.25, 0.3) is 10.9 Å². The van der Waals surface area contributed by atoms with Gasteiger partial charge in [-0.05, 0) is 17.5 Å². The minimum atomic E-state index is -0.114. The fourth-order valence-corrected chi connectivity index (χ4v) is 2.06. The van der Waals surface area contributed by atoms with Crippen molar-refractivity contribution in [3.8, 4) is 0 Å². The van der Waals surface area contributed by atoms with Gasteiger partial charge in [0.25, 0.3) is 0 Å². The fraction of sp³-hybridized carbons (Fsp3) is 0.250. The van der Waals surface area contributed by atoms with Crippen LogP contribution in [0.15, 0.2) is 36.5 Å². The van der Waals surface area contributed by atoms with Gasteiger partial charge in [0.05, 0.1) is 11.9 Å². The Labute approximate surface area is 87.3 Å². The number of fused-ring (bicyclic) bond motifs is 1. The Kier molecular flexibility index (Phi) is 1.78. The van der Waals surface area contributed by atoms with Crippen LogP contribution in [0.1, 0.15) is 19.1 Å². The maximum atomic E-state index is 11.0. The number of rotatable bonds is 1. The van der Waals surface area contributed by atoms with Gasteiger partial charge in [0.2, 0.25) is 0 Å². The first-order valence-corrected chi connectivity index (χ1v) is 5.10. The van der Waals surface area contributed by atoms with Crippen LogP contribution >= 0.6 is 0 Å². The molecule has 15 heavy (non-hydrogen) atoms. The van der Waals surface area contributed by atoms with Crippen LogP contribution in [-0.4, -0.2) is 10.5 Å². The van der Waals surface area contributed by atoms with E-state index in [1.54, 1.807) is 0 Å². The molecule has 1 saturated heterocycles. The van der Waals surface area contributed by atoms with Gasteiger partial charge >= 0.3 is 5.97 Å². The van der Waals surface area contributed by atoms with E-state index in [9.17, 15) is 4.79 Å². The highest BCUT2D eigenvalue weighted by atomic mass is 16.6. The normalized spacial score (nSPS) is 20.8. The van der Waals surface area contributed by atoms with E-state index < -0.39 is 0 Å². The number of para-hydroxylation sites is 1. The van der Waals surface area contributed by atoms with Crippen molar-refractivity contribution in [2.24, 2.45) is 0 Å². The van der Waals surface area contributed by atoms with Gasteiger partial charge in [-0.1, -0.05) is 18.2 Å². The van der Waals surface area contributed by atoms with Gasteiger partial charge in [-0.3, -0.25) is 4.79 Å². The van der Waals surface area contributed by atoms with Crippen LogP contribution in [0.4, 0.5) is 0 Å². The largest absolute Gasteiger partial charge is 0.441 e. The quantitative estimate of drug-likeness (QED) is 0.664. The SMILES string of the molecule is O=C1CCC(n2ccc3ccccc32)O1. The monoisotopic (exact) mass is 201 g/mol. The molecule has 76 valence electrons. The molecule has 0 N–H and O–H groups in total. The van der Waals surface area contributed by atoms with E-state index in [0.29, 0.717) is 6.42 Å². The summed E-state index contributed by atoms with van der Waals surface area (Å²) in [6.45, 7) is 0. The molecule has 2 heterocycles. The molecule has 1 aliphatic rings. The predicted molar refractivity (Wildman–Crippen MR) is 56.3 cm³/mol. The van der Waals surface area contributed by atoms with Gasteiger partial charge in [0.15, 0.2) is 6.23 Å². The van der Waals surface area contributed by atoms with Crippen LogP contribution in [-0.2, 0) is 9.53 Å². The Morgan fingerprint density at radius 1 is 1.27 bits per heavy atom. The van der Waals surface area contributed by atoms with Gasteiger partial charge in [-0.25, -0.2) is 0 Å². The Hall–Kier alpha value is -1.77. The molecule has 1 aromatic carbocycles. The minimum absolute atomic E-state index is 0.0993. The van der Waals surface area contributed by atoms with E-state index >= 15 is 0 Å². The lowest BCUT2D eigenvalue weighted by Crippen LogP contribution is -2.06. The molecule has 0 saturated carbocycles.